The Morgan fingerprint density at radius 2 is 2.08 bits per heavy atom. The van der Waals surface area contributed by atoms with Crippen LogP contribution in [-0.4, -0.2) is 28.8 Å². The third kappa shape index (κ3) is 3.20. The summed E-state index contributed by atoms with van der Waals surface area (Å²) in [6.45, 7) is 2.68. The summed E-state index contributed by atoms with van der Waals surface area (Å²) >= 11 is 0. The quantitative estimate of drug-likeness (QED) is 0.699. The molecule has 0 fully saturated rings. The lowest BCUT2D eigenvalue weighted by molar-refractivity contribution is 0.0509. The Bertz CT molecular complexity index is 927. The summed E-state index contributed by atoms with van der Waals surface area (Å²) in [5, 5.41) is 25.7. The van der Waals surface area contributed by atoms with Crippen LogP contribution in [0.1, 0.15) is 29.8 Å². The first-order valence-corrected chi connectivity index (χ1v) is 7.98. The van der Waals surface area contributed by atoms with Crippen LogP contribution in [0.15, 0.2) is 42.5 Å². The average Bonchev–Trinajstić information content (AvgIpc) is 3.04. The molecule has 0 amide bonds. The van der Waals surface area contributed by atoms with Crippen LogP contribution in [0.25, 0.3) is 10.9 Å². The number of hydrogen-bond donors (Lipinski definition) is 1. The summed E-state index contributed by atoms with van der Waals surface area (Å²) in [4.78, 5) is 0. The number of nitrogens with zero attached hydrogens (tertiary/aromatic N) is 3. The van der Waals surface area contributed by atoms with Gasteiger partial charge in [0.15, 0.2) is 6.79 Å². The molecule has 0 aliphatic heterocycles. The number of aliphatic hydroxyl groups excluding tert-OH is 1. The van der Waals surface area contributed by atoms with Crippen molar-refractivity contribution in [1.82, 2.24) is 9.78 Å². The molecule has 25 heavy (non-hydrogen) atoms. The van der Waals surface area contributed by atoms with Gasteiger partial charge in [-0.25, -0.2) is 0 Å². The van der Waals surface area contributed by atoms with Crippen molar-refractivity contribution in [2.45, 2.75) is 19.6 Å². The number of fused-ring (bicyclic) bond motifs is 1. The van der Waals surface area contributed by atoms with Gasteiger partial charge in [-0.2, -0.15) is 10.4 Å². The van der Waals surface area contributed by atoms with Crippen molar-refractivity contribution in [1.29, 1.82) is 5.26 Å². The summed E-state index contributed by atoms with van der Waals surface area (Å²) < 4.78 is 12.0. The second kappa shape index (κ2) is 7.34. The summed E-state index contributed by atoms with van der Waals surface area (Å²) in [6, 6.07) is 14.8. The standard InChI is InChI=1S/C19H19N3O3/c1-3-22-18(15-6-4-5-7-16(15)21-22)19(23)13-8-9-17(25-12-24-2)14(10-13)11-20/h4-10,19,23H,3,12H2,1-2H3. The Balaban J connectivity index is 2.04. The van der Waals surface area contributed by atoms with E-state index in [9.17, 15) is 10.4 Å². The van der Waals surface area contributed by atoms with Crippen molar-refractivity contribution in [3.8, 4) is 11.8 Å². The Morgan fingerprint density at radius 3 is 2.80 bits per heavy atom. The molecule has 0 aliphatic carbocycles. The van der Waals surface area contributed by atoms with Crippen molar-refractivity contribution in [3.05, 3.63) is 59.3 Å². The number of aryl methyl sites for hydroxylation is 1. The molecule has 0 bridgehead atoms. The molecule has 0 aliphatic rings. The van der Waals surface area contributed by atoms with E-state index >= 15 is 0 Å². The number of benzene rings is 2. The number of aliphatic hydroxyl groups is 1. The van der Waals surface area contributed by atoms with Crippen LogP contribution in [-0.2, 0) is 11.3 Å². The fourth-order valence-corrected chi connectivity index (χ4v) is 2.84. The van der Waals surface area contributed by atoms with E-state index in [2.05, 4.69) is 11.2 Å². The van der Waals surface area contributed by atoms with Crippen LogP contribution in [0, 0.1) is 11.3 Å². The SMILES string of the molecule is CCn1nc2ccccc2c1C(O)c1ccc(OCOC)c(C#N)c1. The van der Waals surface area contributed by atoms with E-state index in [-0.39, 0.29) is 6.79 Å². The number of hydrogen-bond acceptors (Lipinski definition) is 5. The molecular formula is C19H19N3O3. The molecule has 2 aromatic carbocycles. The second-order valence-electron chi connectivity index (χ2n) is 5.54. The Kier molecular flexibility index (Phi) is 4.98. The molecule has 0 saturated carbocycles. The maximum absolute atomic E-state index is 10.9. The van der Waals surface area contributed by atoms with E-state index in [0.717, 1.165) is 10.9 Å². The minimum absolute atomic E-state index is 0.0593. The van der Waals surface area contributed by atoms with Crippen LogP contribution in [0.4, 0.5) is 0 Å². The van der Waals surface area contributed by atoms with Gasteiger partial charge < -0.3 is 14.6 Å². The van der Waals surface area contributed by atoms with E-state index in [1.165, 1.54) is 7.11 Å². The predicted molar refractivity (Wildman–Crippen MR) is 93.1 cm³/mol. The van der Waals surface area contributed by atoms with Crippen LogP contribution in [0.3, 0.4) is 0 Å². The van der Waals surface area contributed by atoms with Crippen LogP contribution >= 0.6 is 0 Å². The van der Waals surface area contributed by atoms with Crippen LogP contribution in [0.5, 0.6) is 5.75 Å². The van der Waals surface area contributed by atoms with Gasteiger partial charge in [0.2, 0.25) is 0 Å². The summed E-state index contributed by atoms with van der Waals surface area (Å²) in [5.41, 5.74) is 2.51. The highest BCUT2D eigenvalue weighted by molar-refractivity contribution is 5.82. The van der Waals surface area contributed by atoms with E-state index in [0.29, 0.717) is 29.1 Å². The second-order valence-corrected chi connectivity index (χ2v) is 5.54. The molecule has 0 spiro atoms. The largest absolute Gasteiger partial charge is 0.466 e. The van der Waals surface area contributed by atoms with Crippen molar-refractivity contribution in [2.75, 3.05) is 13.9 Å². The van der Waals surface area contributed by atoms with Gasteiger partial charge in [0.05, 0.1) is 16.8 Å². The average molecular weight is 337 g/mol. The molecule has 3 aromatic rings. The topological polar surface area (TPSA) is 80.3 Å². The Labute approximate surface area is 145 Å². The normalized spacial score (nSPS) is 12.1. The summed E-state index contributed by atoms with van der Waals surface area (Å²) in [5.74, 6) is 0.425. The van der Waals surface area contributed by atoms with Crippen molar-refractivity contribution >= 4 is 10.9 Å². The van der Waals surface area contributed by atoms with Crippen LogP contribution < -0.4 is 4.74 Å². The predicted octanol–water partition coefficient (Wildman–Crippen LogP) is 2.99. The zero-order chi connectivity index (χ0) is 17.8. The molecule has 6 heteroatoms. The molecular weight excluding hydrogens is 318 g/mol. The van der Waals surface area contributed by atoms with E-state index < -0.39 is 6.10 Å². The molecule has 1 atom stereocenters. The van der Waals surface area contributed by atoms with Gasteiger partial charge in [0, 0.05) is 19.0 Å². The van der Waals surface area contributed by atoms with E-state index in [4.69, 9.17) is 9.47 Å². The van der Waals surface area contributed by atoms with Crippen molar-refractivity contribution in [3.63, 3.8) is 0 Å². The third-order valence-electron chi connectivity index (χ3n) is 4.02. The van der Waals surface area contributed by atoms with Gasteiger partial charge in [-0.05, 0) is 30.7 Å². The fourth-order valence-electron chi connectivity index (χ4n) is 2.84. The zero-order valence-corrected chi connectivity index (χ0v) is 14.1. The molecule has 1 heterocycles. The molecule has 3 rings (SSSR count). The Morgan fingerprint density at radius 1 is 1.28 bits per heavy atom. The minimum atomic E-state index is -0.893. The van der Waals surface area contributed by atoms with Gasteiger partial charge in [-0.15, -0.1) is 0 Å². The molecule has 128 valence electrons. The van der Waals surface area contributed by atoms with Gasteiger partial charge in [-0.1, -0.05) is 24.3 Å². The fraction of sp³-hybridized carbons (Fsp3) is 0.263. The first kappa shape index (κ1) is 17.0. The third-order valence-corrected chi connectivity index (χ3v) is 4.02. The van der Waals surface area contributed by atoms with Crippen molar-refractivity contribution < 1.29 is 14.6 Å². The highest BCUT2D eigenvalue weighted by Gasteiger charge is 2.21. The highest BCUT2D eigenvalue weighted by Crippen LogP contribution is 2.31. The lowest BCUT2D eigenvalue weighted by Crippen LogP contribution is -2.10. The molecule has 1 unspecified atom stereocenters. The molecule has 0 saturated heterocycles. The van der Waals surface area contributed by atoms with Gasteiger partial charge in [-0.3, -0.25) is 4.68 Å². The first-order chi connectivity index (χ1) is 12.2. The molecule has 6 nitrogen and oxygen atoms in total. The molecule has 0 radical (unpaired) electrons. The van der Waals surface area contributed by atoms with Crippen molar-refractivity contribution in [2.24, 2.45) is 0 Å². The lowest BCUT2D eigenvalue weighted by atomic mass is 10.0. The summed E-state index contributed by atoms with van der Waals surface area (Å²) in [6.07, 6.45) is -0.893. The monoisotopic (exact) mass is 337 g/mol. The summed E-state index contributed by atoms with van der Waals surface area (Å²) in [7, 11) is 1.52. The zero-order valence-electron chi connectivity index (χ0n) is 14.1. The smallest absolute Gasteiger partial charge is 0.188 e. The number of rotatable bonds is 6. The van der Waals surface area contributed by atoms with Gasteiger partial charge in [0.25, 0.3) is 0 Å². The lowest BCUT2D eigenvalue weighted by Gasteiger charge is -2.15. The molecule has 1 N–H and O–H groups in total. The van der Waals surface area contributed by atoms with Crippen LogP contribution in [0.2, 0.25) is 0 Å². The van der Waals surface area contributed by atoms with Gasteiger partial charge >= 0.3 is 0 Å². The molecule has 1 aromatic heterocycles. The highest BCUT2D eigenvalue weighted by atomic mass is 16.7. The maximum Gasteiger partial charge on any atom is 0.188 e. The Hall–Kier alpha value is -2.88. The number of aromatic nitrogens is 2. The number of methoxy groups -OCH3 is 1. The van der Waals surface area contributed by atoms with E-state index in [1.54, 1.807) is 22.9 Å². The minimum Gasteiger partial charge on any atom is -0.466 e. The first-order valence-electron chi connectivity index (χ1n) is 7.98. The number of ether oxygens (including phenoxy) is 2. The van der Waals surface area contributed by atoms with Gasteiger partial charge in [0.1, 0.15) is 17.9 Å². The van der Waals surface area contributed by atoms with E-state index in [1.807, 2.05) is 31.2 Å². The maximum atomic E-state index is 10.9. The number of nitriles is 1.